The molecule has 0 aliphatic carbocycles. The van der Waals surface area contributed by atoms with Crippen LogP contribution < -0.4 is 5.32 Å². The van der Waals surface area contributed by atoms with Crippen LogP contribution in [0.2, 0.25) is 0 Å². The zero-order valence-corrected chi connectivity index (χ0v) is 10.6. The zero-order valence-electron chi connectivity index (χ0n) is 9.76. The molecule has 1 aromatic heterocycles. The number of nitrogens with one attached hydrogen (secondary N) is 1. The quantitative estimate of drug-likeness (QED) is 0.853. The number of nitrogens with zero attached hydrogens (tertiary/aromatic N) is 1. The van der Waals surface area contributed by atoms with E-state index in [2.05, 4.69) is 22.4 Å². The predicted octanol–water partition coefficient (Wildman–Crippen LogP) is 2.27. The van der Waals surface area contributed by atoms with E-state index in [1.54, 1.807) is 11.3 Å². The highest BCUT2D eigenvalue weighted by Gasteiger charge is 2.12. The van der Waals surface area contributed by atoms with Crippen LogP contribution in [0.25, 0.3) is 0 Å². The number of aromatic nitrogens is 1. The van der Waals surface area contributed by atoms with Gasteiger partial charge in [-0.2, -0.15) is 0 Å². The molecule has 0 aliphatic heterocycles. The second kappa shape index (κ2) is 5.91. The van der Waals surface area contributed by atoms with E-state index < -0.39 is 0 Å². The lowest BCUT2D eigenvalue weighted by atomic mass is 10.2. The summed E-state index contributed by atoms with van der Waals surface area (Å²) in [6, 6.07) is 10.1. The van der Waals surface area contributed by atoms with Gasteiger partial charge in [-0.25, -0.2) is 4.98 Å². The maximum Gasteiger partial charge on any atom is 0.0898 e. The van der Waals surface area contributed by atoms with Gasteiger partial charge in [-0.3, -0.25) is 0 Å². The van der Waals surface area contributed by atoms with Gasteiger partial charge in [0.15, 0.2) is 0 Å². The van der Waals surface area contributed by atoms with Gasteiger partial charge in [-0.1, -0.05) is 30.3 Å². The molecule has 4 heteroatoms. The Morgan fingerprint density at radius 3 is 2.71 bits per heavy atom. The molecule has 17 heavy (non-hydrogen) atoms. The summed E-state index contributed by atoms with van der Waals surface area (Å²) in [5.41, 5.74) is 2.13. The molecule has 0 saturated carbocycles. The number of rotatable bonds is 5. The molecule has 90 valence electrons. The molecular weight excluding hydrogens is 232 g/mol. The fraction of sp³-hybridized carbons (Fsp3) is 0.308. The monoisotopic (exact) mass is 248 g/mol. The van der Waals surface area contributed by atoms with Crippen molar-refractivity contribution in [2.24, 2.45) is 0 Å². The molecule has 0 spiro atoms. The Morgan fingerprint density at radius 1 is 1.35 bits per heavy atom. The van der Waals surface area contributed by atoms with E-state index in [1.165, 1.54) is 5.56 Å². The Bertz CT molecular complexity index is 455. The lowest BCUT2D eigenvalue weighted by Gasteiger charge is -2.14. The molecule has 0 fully saturated rings. The molecule has 1 atom stereocenters. The highest BCUT2D eigenvalue weighted by molar-refractivity contribution is 7.09. The average Bonchev–Trinajstić information content (AvgIpc) is 2.78. The first-order valence-corrected chi connectivity index (χ1v) is 6.47. The average molecular weight is 248 g/mol. The number of aliphatic hydroxyl groups is 1. The third-order valence-corrected chi connectivity index (χ3v) is 3.36. The molecule has 1 aromatic carbocycles. The summed E-state index contributed by atoms with van der Waals surface area (Å²) >= 11 is 1.61. The van der Waals surface area contributed by atoms with Gasteiger partial charge in [0.2, 0.25) is 0 Å². The number of thiazole rings is 1. The van der Waals surface area contributed by atoms with Crippen LogP contribution in [0, 0.1) is 6.92 Å². The maximum absolute atomic E-state index is 9.37. The molecule has 0 bridgehead atoms. The highest BCUT2D eigenvalue weighted by Crippen LogP contribution is 2.16. The van der Waals surface area contributed by atoms with Crippen LogP contribution in [0.15, 0.2) is 35.7 Å². The fourth-order valence-electron chi connectivity index (χ4n) is 1.64. The molecule has 2 N–H and O–H groups in total. The molecule has 0 radical (unpaired) electrons. The fourth-order valence-corrected chi connectivity index (χ4v) is 2.31. The van der Waals surface area contributed by atoms with E-state index in [1.807, 2.05) is 30.5 Å². The Morgan fingerprint density at radius 2 is 2.12 bits per heavy atom. The third-order valence-electron chi connectivity index (χ3n) is 2.57. The zero-order chi connectivity index (χ0) is 12.1. The summed E-state index contributed by atoms with van der Waals surface area (Å²) in [4.78, 5) is 4.39. The lowest BCUT2D eigenvalue weighted by Crippen LogP contribution is -2.24. The van der Waals surface area contributed by atoms with Gasteiger partial charge in [0, 0.05) is 11.9 Å². The number of hydrogen-bond acceptors (Lipinski definition) is 4. The smallest absolute Gasteiger partial charge is 0.0898 e. The summed E-state index contributed by atoms with van der Waals surface area (Å²) in [6.07, 6.45) is 0. The summed E-state index contributed by atoms with van der Waals surface area (Å²) < 4.78 is 0. The van der Waals surface area contributed by atoms with Crippen molar-refractivity contribution >= 4 is 11.3 Å². The number of benzene rings is 1. The van der Waals surface area contributed by atoms with E-state index >= 15 is 0 Å². The number of hydrogen-bond donors (Lipinski definition) is 2. The van der Waals surface area contributed by atoms with Crippen LogP contribution in [0.4, 0.5) is 0 Å². The van der Waals surface area contributed by atoms with Crippen LogP contribution >= 0.6 is 11.3 Å². The summed E-state index contributed by atoms with van der Waals surface area (Å²) in [5, 5.41) is 15.7. The molecule has 3 nitrogen and oxygen atoms in total. The Balaban J connectivity index is 1.97. The highest BCUT2D eigenvalue weighted by atomic mass is 32.1. The van der Waals surface area contributed by atoms with Gasteiger partial charge in [0.25, 0.3) is 0 Å². The van der Waals surface area contributed by atoms with E-state index in [-0.39, 0.29) is 12.6 Å². The molecule has 2 aromatic rings. The van der Waals surface area contributed by atoms with Crippen molar-refractivity contribution in [2.45, 2.75) is 19.5 Å². The maximum atomic E-state index is 9.37. The van der Waals surface area contributed by atoms with Crippen LogP contribution in [0.5, 0.6) is 0 Å². The molecule has 0 saturated heterocycles. The van der Waals surface area contributed by atoms with Crippen molar-refractivity contribution in [1.82, 2.24) is 10.3 Å². The van der Waals surface area contributed by atoms with Crippen LogP contribution in [0.3, 0.4) is 0 Å². The first kappa shape index (κ1) is 12.2. The first-order chi connectivity index (χ1) is 8.29. The number of aryl methyl sites for hydroxylation is 1. The normalized spacial score (nSPS) is 12.6. The van der Waals surface area contributed by atoms with E-state index in [9.17, 15) is 5.11 Å². The first-order valence-electron chi connectivity index (χ1n) is 5.60. The molecule has 1 unspecified atom stereocenters. The summed E-state index contributed by atoms with van der Waals surface area (Å²) in [7, 11) is 0. The molecular formula is C13H16N2OS. The molecule has 0 amide bonds. The third kappa shape index (κ3) is 3.36. The van der Waals surface area contributed by atoms with Crippen molar-refractivity contribution in [3.05, 3.63) is 52.0 Å². The predicted molar refractivity (Wildman–Crippen MR) is 70.0 cm³/mol. The van der Waals surface area contributed by atoms with Gasteiger partial charge in [0.05, 0.1) is 23.4 Å². The van der Waals surface area contributed by atoms with Crippen molar-refractivity contribution in [3.8, 4) is 0 Å². The Labute approximate surface area is 105 Å². The minimum Gasteiger partial charge on any atom is -0.394 e. The molecule has 1 heterocycles. The van der Waals surface area contributed by atoms with Crippen LogP contribution in [0.1, 0.15) is 22.3 Å². The van der Waals surface area contributed by atoms with Gasteiger partial charge in [-0.05, 0) is 12.5 Å². The minimum absolute atomic E-state index is 0.0655. The lowest BCUT2D eigenvalue weighted by molar-refractivity contribution is 0.241. The van der Waals surface area contributed by atoms with Crippen molar-refractivity contribution in [1.29, 1.82) is 0 Å². The Hall–Kier alpha value is -1.23. The van der Waals surface area contributed by atoms with E-state index in [4.69, 9.17) is 0 Å². The van der Waals surface area contributed by atoms with Gasteiger partial charge in [0.1, 0.15) is 0 Å². The molecule has 0 aliphatic rings. The van der Waals surface area contributed by atoms with E-state index in [0.29, 0.717) is 0 Å². The summed E-state index contributed by atoms with van der Waals surface area (Å²) in [5.74, 6) is 0. The van der Waals surface area contributed by atoms with Gasteiger partial charge in [-0.15, -0.1) is 11.3 Å². The SMILES string of the molecule is Cc1nc(C(CO)NCc2ccccc2)cs1. The van der Waals surface area contributed by atoms with Crippen molar-refractivity contribution in [2.75, 3.05) is 6.61 Å². The van der Waals surface area contributed by atoms with Crippen LogP contribution in [-0.2, 0) is 6.54 Å². The molecule has 2 rings (SSSR count). The minimum atomic E-state index is -0.0832. The van der Waals surface area contributed by atoms with Gasteiger partial charge >= 0.3 is 0 Å². The van der Waals surface area contributed by atoms with Gasteiger partial charge < -0.3 is 10.4 Å². The van der Waals surface area contributed by atoms with Crippen molar-refractivity contribution in [3.63, 3.8) is 0 Å². The van der Waals surface area contributed by atoms with E-state index in [0.717, 1.165) is 17.2 Å². The van der Waals surface area contributed by atoms with Crippen molar-refractivity contribution < 1.29 is 5.11 Å². The number of aliphatic hydroxyl groups excluding tert-OH is 1. The second-order valence-corrected chi connectivity index (χ2v) is 4.96. The summed E-state index contributed by atoms with van der Waals surface area (Å²) in [6.45, 7) is 2.78. The Kier molecular flexibility index (Phi) is 4.25. The standard InChI is InChI=1S/C13H16N2OS/c1-10-15-13(9-17-10)12(8-16)14-7-11-5-3-2-4-6-11/h2-6,9,12,14,16H,7-8H2,1H3. The second-order valence-electron chi connectivity index (χ2n) is 3.89. The largest absolute Gasteiger partial charge is 0.394 e. The topological polar surface area (TPSA) is 45.2 Å². The van der Waals surface area contributed by atoms with Crippen LogP contribution in [-0.4, -0.2) is 16.7 Å².